The summed E-state index contributed by atoms with van der Waals surface area (Å²) in [6, 6.07) is 12.4. The van der Waals surface area contributed by atoms with E-state index in [0.29, 0.717) is 43.1 Å². The maximum Gasteiger partial charge on any atom is 0.260 e. The van der Waals surface area contributed by atoms with Gasteiger partial charge in [-0.2, -0.15) is 0 Å². The molecule has 0 unspecified atom stereocenters. The van der Waals surface area contributed by atoms with Crippen LogP contribution in [0.15, 0.2) is 42.5 Å². The molecule has 1 heterocycles. The van der Waals surface area contributed by atoms with Crippen molar-refractivity contribution in [3.05, 3.63) is 58.6 Å². The van der Waals surface area contributed by atoms with Crippen LogP contribution in [0.25, 0.3) is 0 Å². The number of hydrogen-bond acceptors (Lipinski definition) is 4. The second kappa shape index (κ2) is 9.76. The van der Waals surface area contributed by atoms with E-state index in [4.69, 9.17) is 21.4 Å². The Morgan fingerprint density at radius 1 is 1.21 bits per heavy atom. The standard InChI is InChI=1S/C22H25ClN2O4/c1-2-12-29-17-8-9-18(19(23)13-17)22(28)25-15-21(27)24(10-5-11-26)14-16-6-3-4-7-20(16)25/h3-4,6-9,13,26H,2,5,10-12,14-15H2,1H3. The lowest BCUT2D eigenvalue weighted by Crippen LogP contribution is -2.40. The number of amides is 2. The first-order chi connectivity index (χ1) is 14.0. The molecule has 0 bridgehead atoms. The van der Waals surface area contributed by atoms with Gasteiger partial charge < -0.3 is 14.7 Å². The van der Waals surface area contributed by atoms with Gasteiger partial charge in [-0.05, 0) is 42.7 Å². The lowest BCUT2D eigenvalue weighted by molar-refractivity contribution is -0.130. The van der Waals surface area contributed by atoms with Crippen LogP contribution in [-0.2, 0) is 11.3 Å². The average Bonchev–Trinajstić information content (AvgIpc) is 2.87. The molecule has 0 aliphatic carbocycles. The topological polar surface area (TPSA) is 70.1 Å². The number of benzene rings is 2. The van der Waals surface area contributed by atoms with E-state index < -0.39 is 0 Å². The maximum atomic E-state index is 13.3. The number of halogens is 1. The Hall–Kier alpha value is -2.57. The molecule has 3 rings (SSSR count). The van der Waals surface area contributed by atoms with Crippen LogP contribution >= 0.6 is 11.6 Å². The fraction of sp³-hybridized carbons (Fsp3) is 0.364. The highest BCUT2D eigenvalue weighted by Crippen LogP contribution is 2.30. The minimum Gasteiger partial charge on any atom is -0.494 e. The second-order valence-electron chi connectivity index (χ2n) is 6.90. The van der Waals surface area contributed by atoms with Gasteiger partial charge in [0.15, 0.2) is 0 Å². The number of carbonyl (C=O) groups is 2. The van der Waals surface area contributed by atoms with Crippen LogP contribution < -0.4 is 9.64 Å². The fourth-order valence-electron chi connectivity index (χ4n) is 3.29. The van der Waals surface area contributed by atoms with Gasteiger partial charge in [0.25, 0.3) is 5.91 Å². The van der Waals surface area contributed by atoms with Gasteiger partial charge in [0, 0.05) is 25.4 Å². The maximum absolute atomic E-state index is 13.3. The smallest absolute Gasteiger partial charge is 0.260 e. The monoisotopic (exact) mass is 416 g/mol. The predicted molar refractivity (Wildman–Crippen MR) is 112 cm³/mol. The van der Waals surface area contributed by atoms with Crippen molar-refractivity contribution in [1.29, 1.82) is 0 Å². The van der Waals surface area contributed by atoms with Crippen LogP contribution in [0.1, 0.15) is 35.7 Å². The first-order valence-electron chi connectivity index (χ1n) is 9.76. The van der Waals surface area contributed by atoms with Gasteiger partial charge in [0.2, 0.25) is 5.91 Å². The van der Waals surface area contributed by atoms with Crippen molar-refractivity contribution in [2.75, 3.05) is 31.2 Å². The average molecular weight is 417 g/mol. The molecule has 7 heteroatoms. The van der Waals surface area contributed by atoms with Crippen molar-refractivity contribution in [1.82, 2.24) is 4.90 Å². The highest BCUT2D eigenvalue weighted by molar-refractivity contribution is 6.34. The number of ether oxygens (including phenoxy) is 1. The lowest BCUT2D eigenvalue weighted by atomic mass is 10.1. The Morgan fingerprint density at radius 2 is 2.00 bits per heavy atom. The third-order valence-electron chi connectivity index (χ3n) is 4.76. The van der Waals surface area contributed by atoms with Gasteiger partial charge >= 0.3 is 0 Å². The van der Waals surface area contributed by atoms with Gasteiger partial charge in [-0.15, -0.1) is 0 Å². The van der Waals surface area contributed by atoms with E-state index in [1.165, 1.54) is 4.90 Å². The quantitative estimate of drug-likeness (QED) is 0.750. The Balaban J connectivity index is 1.91. The number of nitrogens with zero attached hydrogens (tertiary/aromatic N) is 2. The zero-order valence-electron chi connectivity index (χ0n) is 16.4. The van der Waals surface area contributed by atoms with Crippen LogP contribution in [0.3, 0.4) is 0 Å². The molecule has 2 amide bonds. The molecule has 2 aromatic rings. The van der Waals surface area contributed by atoms with Crippen molar-refractivity contribution in [2.24, 2.45) is 0 Å². The Labute approximate surface area is 175 Å². The van der Waals surface area contributed by atoms with Crippen LogP contribution in [0.2, 0.25) is 5.02 Å². The normalized spacial score (nSPS) is 13.8. The van der Waals surface area contributed by atoms with Crippen molar-refractivity contribution in [3.8, 4) is 5.75 Å². The summed E-state index contributed by atoms with van der Waals surface area (Å²) < 4.78 is 5.57. The Kier molecular flexibility index (Phi) is 7.12. The molecule has 1 aliphatic heterocycles. The number of para-hydroxylation sites is 1. The second-order valence-corrected chi connectivity index (χ2v) is 7.31. The third-order valence-corrected chi connectivity index (χ3v) is 5.08. The molecule has 0 spiro atoms. The fourth-order valence-corrected chi connectivity index (χ4v) is 3.54. The highest BCUT2D eigenvalue weighted by atomic mass is 35.5. The van der Waals surface area contributed by atoms with Crippen LogP contribution in [0, 0.1) is 0 Å². The van der Waals surface area contributed by atoms with Crippen molar-refractivity contribution in [3.63, 3.8) is 0 Å². The largest absolute Gasteiger partial charge is 0.494 e. The van der Waals surface area contributed by atoms with E-state index >= 15 is 0 Å². The molecule has 1 aliphatic rings. The van der Waals surface area contributed by atoms with Crippen LogP contribution in [0.5, 0.6) is 5.75 Å². The molecule has 0 saturated heterocycles. The summed E-state index contributed by atoms with van der Waals surface area (Å²) in [6.45, 7) is 3.35. The number of fused-ring (bicyclic) bond motifs is 1. The summed E-state index contributed by atoms with van der Waals surface area (Å²) in [5.74, 6) is 0.111. The molecule has 0 fully saturated rings. The summed E-state index contributed by atoms with van der Waals surface area (Å²) in [7, 11) is 0. The van der Waals surface area contributed by atoms with E-state index in [-0.39, 0.29) is 30.0 Å². The molecule has 1 N–H and O–H groups in total. The van der Waals surface area contributed by atoms with Gasteiger partial charge in [0.1, 0.15) is 12.3 Å². The molecular formula is C22H25ClN2O4. The van der Waals surface area contributed by atoms with Crippen molar-refractivity contribution in [2.45, 2.75) is 26.3 Å². The molecule has 154 valence electrons. The van der Waals surface area contributed by atoms with Crippen LogP contribution in [0.4, 0.5) is 5.69 Å². The first-order valence-corrected chi connectivity index (χ1v) is 10.1. The number of carbonyl (C=O) groups excluding carboxylic acids is 2. The summed E-state index contributed by atoms with van der Waals surface area (Å²) in [4.78, 5) is 29.3. The number of aliphatic hydroxyl groups is 1. The van der Waals surface area contributed by atoms with E-state index in [1.807, 2.05) is 31.2 Å². The highest BCUT2D eigenvalue weighted by Gasteiger charge is 2.30. The van der Waals surface area contributed by atoms with Crippen LogP contribution in [-0.4, -0.2) is 48.1 Å². The molecule has 2 aromatic carbocycles. The zero-order chi connectivity index (χ0) is 20.8. The molecule has 29 heavy (non-hydrogen) atoms. The van der Waals surface area contributed by atoms with E-state index in [1.54, 1.807) is 23.1 Å². The first kappa shape index (κ1) is 21.1. The number of aliphatic hydroxyl groups excluding tert-OH is 1. The summed E-state index contributed by atoms with van der Waals surface area (Å²) in [5.41, 5.74) is 1.89. The van der Waals surface area contributed by atoms with E-state index in [9.17, 15) is 9.59 Å². The molecule has 0 radical (unpaired) electrons. The van der Waals surface area contributed by atoms with Gasteiger partial charge in [0.05, 0.1) is 17.2 Å². The minimum absolute atomic E-state index is 0.0101. The number of anilines is 1. The minimum atomic E-state index is -0.332. The van der Waals surface area contributed by atoms with Gasteiger partial charge in [-0.1, -0.05) is 36.7 Å². The molecule has 0 saturated carbocycles. The molecular weight excluding hydrogens is 392 g/mol. The molecule has 0 atom stereocenters. The predicted octanol–water partition coefficient (Wildman–Crippen LogP) is 3.50. The zero-order valence-corrected chi connectivity index (χ0v) is 17.2. The van der Waals surface area contributed by atoms with Crippen molar-refractivity contribution >= 4 is 29.1 Å². The Bertz CT molecular complexity index is 887. The van der Waals surface area contributed by atoms with Crippen molar-refractivity contribution < 1.29 is 19.4 Å². The lowest BCUT2D eigenvalue weighted by Gasteiger charge is -2.23. The number of rotatable bonds is 7. The molecule has 0 aromatic heterocycles. The molecule has 6 nitrogen and oxygen atoms in total. The van der Waals surface area contributed by atoms with E-state index in [2.05, 4.69) is 0 Å². The van der Waals surface area contributed by atoms with Gasteiger partial charge in [-0.3, -0.25) is 14.5 Å². The SMILES string of the molecule is CCCOc1ccc(C(=O)N2CC(=O)N(CCCO)Cc3ccccc32)c(Cl)c1. The number of hydrogen-bond donors (Lipinski definition) is 1. The van der Waals surface area contributed by atoms with E-state index in [0.717, 1.165) is 12.0 Å². The van der Waals surface area contributed by atoms with Gasteiger partial charge in [-0.25, -0.2) is 0 Å². The summed E-state index contributed by atoms with van der Waals surface area (Å²) in [5, 5.41) is 9.40. The third kappa shape index (κ3) is 4.89. The Morgan fingerprint density at radius 3 is 2.72 bits per heavy atom. The summed E-state index contributed by atoms with van der Waals surface area (Å²) >= 11 is 6.37. The summed E-state index contributed by atoms with van der Waals surface area (Å²) in [6.07, 6.45) is 1.37.